The van der Waals surface area contributed by atoms with Gasteiger partial charge in [0, 0.05) is 5.56 Å². The van der Waals surface area contributed by atoms with Crippen molar-refractivity contribution < 1.29 is 15.0 Å². The first-order valence-corrected chi connectivity index (χ1v) is 4.13. The van der Waals surface area contributed by atoms with Gasteiger partial charge in [0.2, 0.25) is 0 Å². The van der Waals surface area contributed by atoms with Crippen LogP contribution in [0.2, 0.25) is 0 Å². The van der Waals surface area contributed by atoms with Crippen LogP contribution in [0.25, 0.3) is 11.1 Å². The van der Waals surface area contributed by atoms with Crippen LogP contribution in [0.15, 0.2) is 36.4 Å². The zero-order valence-corrected chi connectivity index (χ0v) is 7.27. The highest BCUT2D eigenvalue weighted by Gasteiger charge is 2.09. The molecule has 0 spiro atoms. The van der Waals surface area contributed by atoms with Crippen LogP contribution in [0, 0.1) is 0 Å². The second-order valence-electron chi connectivity index (χ2n) is 3.02. The van der Waals surface area contributed by atoms with Crippen molar-refractivity contribution in [2.24, 2.45) is 0 Å². The van der Waals surface area contributed by atoms with E-state index in [4.69, 9.17) is 5.11 Å². The number of hydrogen-bond acceptors (Lipinski definition) is 2. The molecule has 0 bridgehead atoms. The lowest BCUT2D eigenvalue weighted by molar-refractivity contribution is 0.0696. The van der Waals surface area contributed by atoms with E-state index in [1.54, 1.807) is 12.1 Å². The smallest absolute Gasteiger partial charge is 0.335 e. The molecular weight excluding hydrogens is 180 g/mol. The topological polar surface area (TPSA) is 57.5 Å². The average molecular weight is 188 g/mol. The molecule has 0 aromatic heterocycles. The Bertz CT molecular complexity index is 462. The minimum absolute atomic E-state index is 0.00704. The van der Waals surface area contributed by atoms with Crippen LogP contribution in [0.4, 0.5) is 0 Å². The Balaban J connectivity index is 2.71. The Morgan fingerprint density at radius 2 is 1.93 bits per heavy atom. The zero-order valence-electron chi connectivity index (χ0n) is 7.27. The monoisotopic (exact) mass is 188 g/mol. The van der Waals surface area contributed by atoms with E-state index >= 15 is 0 Å². The second-order valence-corrected chi connectivity index (χ2v) is 3.02. The second kappa shape index (κ2) is 3.03. The van der Waals surface area contributed by atoms with Gasteiger partial charge in [0.1, 0.15) is 5.75 Å². The SMILES string of the molecule is O=C(O)c1ccc2cccc-2c(O)c1. The summed E-state index contributed by atoms with van der Waals surface area (Å²) in [7, 11) is 0. The number of hydrogen-bond donors (Lipinski definition) is 2. The summed E-state index contributed by atoms with van der Waals surface area (Å²) in [6.07, 6.45) is 0. The van der Waals surface area contributed by atoms with Gasteiger partial charge in [-0.05, 0) is 17.7 Å². The predicted molar refractivity (Wildman–Crippen MR) is 51.7 cm³/mol. The number of rotatable bonds is 1. The normalized spacial score (nSPS) is 10.3. The standard InChI is InChI=1S/C11H8O3/c12-10-6-8(11(13)14)5-4-7-2-1-3-9(7)10/h1-6,12H,(H,13,14). The van der Waals surface area contributed by atoms with Crippen LogP contribution in [-0.4, -0.2) is 16.2 Å². The predicted octanol–water partition coefficient (Wildman–Crippen LogP) is 2.20. The van der Waals surface area contributed by atoms with Crippen LogP contribution in [0.5, 0.6) is 5.75 Å². The van der Waals surface area contributed by atoms with Gasteiger partial charge in [-0.1, -0.05) is 24.3 Å². The molecule has 0 atom stereocenters. The molecule has 2 aliphatic carbocycles. The number of fused-ring (bicyclic) bond motifs is 1. The summed E-state index contributed by atoms with van der Waals surface area (Å²) in [5, 5.41) is 18.3. The Morgan fingerprint density at radius 3 is 2.64 bits per heavy atom. The summed E-state index contributed by atoms with van der Waals surface area (Å²) in [6, 6.07) is 9.79. The molecule has 0 aliphatic heterocycles. The molecule has 0 heterocycles. The molecule has 2 N–H and O–H groups in total. The van der Waals surface area contributed by atoms with Gasteiger partial charge in [-0.3, -0.25) is 0 Å². The van der Waals surface area contributed by atoms with Crippen molar-refractivity contribution in [1.29, 1.82) is 0 Å². The molecule has 2 aliphatic rings. The molecule has 0 unspecified atom stereocenters. The summed E-state index contributed by atoms with van der Waals surface area (Å²) in [4.78, 5) is 10.7. The third kappa shape index (κ3) is 1.29. The molecule has 0 saturated heterocycles. The highest BCUT2D eigenvalue weighted by Crippen LogP contribution is 2.31. The number of carbonyl (C=O) groups is 1. The maximum atomic E-state index is 10.7. The van der Waals surface area contributed by atoms with Gasteiger partial charge in [-0.15, -0.1) is 0 Å². The molecule has 0 radical (unpaired) electrons. The van der Waals surface area contributed by atoms with Crippen molar-refractivity contribution in [3.8, 4) is 16.9 Å². The van der Waals surface area contributed by atoms with E-state index in [9.17, 15) is 9.90 Å². The van der Waals surface area contributed by atoms with Gasteiger partial charge < -0.3 is 10.2 Å². The van der Waals surface area contributed by atoms with Gasteiger partial charge in [0.05, 0.1) is 5.56 Å². The maximum Gasteiger partial charge on any atom is 0.335 e. The highest BCUT2D eigenvalue weighted by molar-refractivity contribution is 5.89. The summed E-state index contributed by atoms with van der Waals surface area (Å²) >= 11 is 0. The van der Waals surface area contributed by atoms with Gasteiger partial charge in [-0.25, -0.2) is 4.79 Å². The van der Waals surface area contributed by atoms with Crippen LogP contribution >= 0.6 is 0 Å². The highest BCUT2D eigenvalue weighted by atomic mass is 16.4. The first-order chi connectivity index (χ1) is 6.68. The zero-order chi connectivity index (χ0) is 10.1. The van der Waals surface area contributed by atoms with Crippen molar-refractivity contribution in [3.05, 3.63) is 42.0 Å². The first kappa shape index (κ1) is 8.56. The number of aromatic carboxylic acids is 1. The molecule has 0 saturated carbocycles. The Kier molecular flexibility index (Phi) is 1.85. The number of aromatic hydroxyl groups is 1. The van der Waals surface area contributed by atoms with Crippen molar-refractivity contribution >= 4 is 5.97 Å². The number of carboxylic acids is 1. The molecule has 3 heteroatoms. The Labute approximate surface area is 80.6 Å². The van der Waals surface area contributed by atoms with Crippen molar-refractivity contribution in [2.75, 3.05) is 0 Å². The fraction of sp³-hybridized carbons (Fsp3) is 0. The summed E-state index contributed by atoms with van der Waals surface area (Å²) in [5.74, 6) is -1.05. The fourth-order valence-electron chi connectivity index (χ4n) is 1.40. The van der Waals surface area contributed by atoms with Gasteiger partial charge in [-0.2, -0.15) is 0 Å². The largest absolute Gasteiger partial charge is 0.507 e. The van der Waals surface area contributed by atoms with Gasteiger partial charge in [0.15, 0.2) is 0 Å². The third-order valence-electron chi connectivity index (χ3n) is 2.11. The maximum absolute atomic E-state index is 10.7. The van der Waals surface area contributed by atoms with Gasteiger partial charge >= 0.3 is 5.97 Å². The lowest BCUT2D eigenvalue weighted by atomic mass is 10.2. The van der Waals surface area contributed by atoms with Crippen LogP contribution in [-0.2, 0) is 0 Å². The van der Waals surface area contributed by atoms with Crippen LogP contribution in [0.1, 0.15) is 10.4 Å². The van der Waals surface area contributed by atoms with E-state index in [1.807, 2.05) is 12.1 Å². The van der Waals surface area contributed by atoms with Gasteiger partial charge in [0.25, 0.3) is 0 Å². The molecule has 0 fully saturated rings. The molecule has 2 rings (SSSR count). The van der Waals surface area contributed by atoms with E-state index in [0.29, 0.717) is 5.56 Å². The molecule has 3 nitrogen and oxygen atoms in total. The van der Waals surface area contributed by atoms with E-state index < -0.39 is 5.97 Å². The average Bonchev–Trinajstić information content (AvgIpc) is 2.54. The summed E-state index contributed by atoms with van der Waals surface area (Å²) < 4.78 is 0. The molecule has 0 aromatic carbocycles. The molecular formula is C11H8O3. The lowest BCUT2D eigenvalue weighted by Gasteiger charge is -1.93. The lowest BCUT2D eigenvalue weighted by Crippen LogP contribution is -1.92. The van der Waals surface area contributed by atoms with Crippen molar-refractivity contribution in [1.82, 2.24) is 0 Å². The van der Waals surface area contributed by atoms with E-state index in [2.05, 4.69) is 0 Å². The van der Waals surface area contributed by atoms with Crippen LogP contribution in [0.3, 0.4) is 0 Å². The quantitative estimate of drug-likeness (QED) is 0.721. The minimum atomic E-state index is -1.04. The summed E-state index contributed by atoms with van der Waals surface area (Å²) in [6.45, 7) is 0. The molecule has 0 amide bonds. The fourth-order valence-corrected chi connectivity index (χ4v) is 1.40. The molecule has 14 heavy (non-hydrogen) atoms. The van der Waals surface area contributed by atoms with Crippen LogP contribution < -0.4 is 0 Å². The molecule has 70 valence electrons. The van der Waals surface area contributed by atoms with E-state index in [0.717, 1.165) is 5.56 Å². The Morgan fingerprint density at radius 1 is 1.14 bits per heavy atom. The van der Waals surface area contributed by atoms with E-state index in [-0.39, 0.29) is 11.3 Å². The molecule has 0 aromatic rings. The van der Waals surface area contributed by atoms with Crippen molar-refractivity contribution in [3.63, 3.8) is 0 Å². The minimum Gasteiger partial charge on any atom is -0.507 e. The van der Waals surface area contributed by atoms with E-state index in [1.165, 1.54) is 12.1 Å². The third-order valence-corrected chi connectivity index (χ3v) is 2.11. The Hall–Kier alpha value is -2.03. The van der Waals surface area contributed by atoms with Crippen molar-refractivity contribution in [2.45, 2.75) is 0 Å². The number of carboxylic acid groups (broad SMARTS) is 1. The first-order valence-electron chi connectivity index (χ1n) is 4.13. The summed E-state index contributed by atoms with van der Waals surface area (Å²) in [5.41, 5.74) is 1.58.